The Balaban J connectivity index is 1.55. The normalized spacial score (nSPS) is 10.8. The molecule has 0 saturated carbocycles. The number of hydrogen-bond donors (Lipinski definition) is 1. The van der Waals surface area contributed by atoms with Crippen LogP contribution in [-0.4, -0.2) is 31.4 Å². The fourth-order valence-electron chi connectivity index (χ4n) is 2.65. The molecule has 3 heterocycles. The van der Waals surface area contributed by atoms with E-state index < -0.39 is 0 Å². The molecule has 0 atom stereocenters. The molecule has 9 heteroatoms. The molecule has 146 valence electrons. The Kier molecular flexibility index (Phi) is 5.66. The molecule has 1 N–H and O–H groups in total. The summed E-state index contributed by atoms with van der Waals surface area (Å²) >= 11 is 1.24. The second-order valence-electron chi connectivity index (χ2n) is 6.00. The van der Waals surface area contributed by atoms with Crippen LogP contribution in [0, 0.1) is 5.82 Å². The van der Waals surface area contributed by atoms with E-state index in [-0.39, 0.29) is 17.5 Å². The first-order valence-corrected chi connectivity index (χ1v) is 9.73. The van der Waals surface area contributed by atoms with Crippen molar-refractivity contribution in [3.63, 3.8) is 0 Å². The number of furan rings is 1. The van der Waals surface area contributed by atoms with Gasteiger partial charge in [-0.25, -0.2) is 4.39 Å². The van der Waals surface area contributed by atoms with Crippen molar-refractivity contribution in [2.24, 2.45) is 0 Å². The fraction of sp³-hybridized carbons (Fsp3) is 0.100. The molecule has 0 radical (unpaired) electrons. The van der Waals surface area contributed by atoms with Crippen LogP contribution in [0.1, 0.15) is 5.76 Å². The van der Waals surface area contributed by atoms with Crippen LogP contribution >= 0.6 is 11.8 Å². The minimum absolute atomic E-state index is 0.149. The van der Waals surface area contributed by atoms with Gasteiger partial charge in [0.2, 0.25) is 5.91 Å². The van der Waals surface area contributed by atoms with Gasteiger partial charge in [-0.05, 0) is 48.5 Å². The van der Waals surface area contributed by atoms with Gasteiger partial charge in [-0.1, -0.05) is 11.8 Å². The average Bonchev–Trinajstić information content (AvgIpc) is 3.42. The smallest absolute Gasteiger partial charge is 0.230 e. The summed E-state index contributed by atoms with van der Waals surface area (Å²) in [4.78, 5) is 16.2. The third-order valence-electron chi connectivity index (χ3n) is 4.03. The average molecular weight is 409 g/mol. The molecule has 1 amide bonds. The van der Waals surface area contributed by atoms with Gasteiger partial charge in [-0.3, -0.25) is 14.3 Å². The number of hydrogen-bond acceptors (Lipinski definition) is 6. The lowest BCUT2D eigenvalue weighted by Gasteiger charge is -2.10. The molecule has 0 spiro atoms. The van der Waals surface area contributed by atoms with Gasteiger partial charge < -0.3 is 9.73 Å². The lowest BCUT2D eigenvalue weighted by atomic mass is 10.2. The number of carbonyl (C=O) groups is 1. The Morgan fingerprint density at radius 3 is 2.62 bits per heavy atom. The van der Waals surface area contributed by atoms with Crippen LogP contribution in [0.4, 0.5) is 4.39 Å². The second kappa shape index (κ2) is 8.70. The number of carbonyl (C=O) groups excluding carboxylic acids is 1. The zero-order chi connectivity index (χ0) is 20.1. The van der Waals surface area contributed by atoms with Crippen molar-refractivity contribution in [2.45, 2.75) is 11.7 Å². The predicted octanol–water partition coefficient (Wildman–Crippen LogP) is 3.47. The highest BCUT2D eigenvalue weighted by Crippen LogP contribution is 2.27. The van der Waals surface area contributed by atoms with Crippen molar-refractivity contribution < 1.29 is 13.6 Å². The van der Waals surface area contributed by atoms with E-state index in [1.54, 1.807) is 47.5 Å². The van der Waals surface area contributed by atoms with E-state index in [1.165, 1.54) is 23.9 Å². The zero-order valence-corrected chi connectivity index (χ0v) is 16.0. The summed E-state index contributed by atoms with van der Waals surface area (Å²) < 4.78 is 20.4. The van der Waals surface area contributed by atoms with E-state index >= 15 is 0 Å². The molecule has 0 saturated heterocycles. The Morgan fingerprint density at radius 2 is 1.90 bits per heavy atom. The summed E-state index contributed by atoms with van der Waals surface area (Å²) in [6.07, 6.45) is 4.88. The van der Waals surface area contributed by atoms with E-state index in [9.17, 15) is 9.18 Å². The maximum atomic E-state index is 13.4. The Bertz CT molecular complexity index is 1080. The van der Waals surface area contributed by atoms with Crippen LogP contribution < -0.4 is 5.32 Å². The van der Waals surface area contributed by atoms with E-state index in [2.05, 4.69) is 20.5 Å². The molecule has 0 bridgehead atoms. The first-order valence-electron chi connectivity index (χ1n) is 8.74. The van der Waals surface area contributed by atoms with Crippen LogP contribution in [0.2, 0.25) is 0 Å². The van der Waals surface area contributed by atoms with E-state index in [0.29, 0.717) is 29.0 Å². The number of amides is 1. The van der Waals surface area contributed by atoms with Gasteiger partial charge in [-0.15, -0.1) is 10.2 Å². The van der Waals surface area contributed by atoms with E-state index in [4.69, 9.17) is 4.42 Å². The van der Waals surface area contributed by atoms with Gasteiger partial charge in [-0.2, -0.15) is 0 Å². The molecular formula is C20H16FN5O2S. The van der Waals surface area contributed by atoms with Crippen molar-refractivity contribution in [3.8, 4) is 17.1 Å². The number of thioether (sulfide) groups is 1. The topological polar surface area (TPSA) is 85.8 Å². The fourth-order valence-corrected chi connectivity index (χ4v) is 3.44. The molecule has 0 aliphatic rings. The molecule has 1 aromatic carbocycles. The van der Waals surface area contributed by atoms with Gasteiger partial charge in [0, 0.05) is 23.6 Å². The van der Waals surface area contributed by atoms with Crippen LogP contribution in [0.25, 0.3) is 17.1 Å². The monoisotopic (exact) mass is 409 g/mol. The Labute approximate surface area is 170 Å². The third kappa shape index (κ3) is 4.52. The van der Waals surface area contributed by atoms with Gasteiger partial charge in [0.1, 0.15) is 11.6 Å². The first-order chi connectivity index (χ1) is 14.2. The van der Waals surface area contributed by atoms with Crippen molar-refractivity contribution in [2.75, 3.05) is 5.75 Å². The molecule has 0 unspecified atom stereocenters. The van der Waals surface area contributed by atoms with Crippen molar-refractivity contribution in [3.05, 3.63) is 78.8 Å². The molecule has 4 aromatic rings. The van der Waals surface area contributed by atoms with Crippen LogP contribution in [0.15, 0.2) is 76.8 Å². The molecule has 29 heavy (non-hydrogen) atoms. The first kappa shape index (κ1) is 18.9. The molecule has 4 rings (SSSR count). The van der Waals surface area contributed by atoms with Crippen LogP contribution in [0.3, 0.4) is 0 Å². The van der Waals surface area contributed by atoms with Gasteiger partial charge in [0.15, 0.2) is 11.0 Å². The number of nitrogens with one attached hydrogen (secondary N) is 1. The predicted molar refractivity (Wildman–Crippen MR) is 106 cm³/mol. The summed E-state index contributed by atoms with van der Waals surface area (Å²) in [5.41, 5.74) is 1.51. The molecular weight excluding hydrogens is 393 g/mol. The van der Waals surface area contributed by atoms with Gasteiger partial charge in [0.05, 0.1) is 18.6 Å². The number of halogens is 1. The summed E-state index contributed by atoms with van der Waals surface area (Å²) in [6.45, 7) is 0.319. The van der Waals surface area contributed by atoms with Gasteiger partial charge in [0.25, 0.3) is 0 Å². The Morgan fingerprint density at radius 1 is 1.10 bits per heavy atom. The minimum Gasteiger partial charge on any atom is -0.467 e. The summed E-state index contributed by atoms with van der Waals surface area (Å²) in [5.74, 6) is 0.913. The molecule has 0 fully saturated rings. The third-order valence-corrected chi connectivity index (χ3v) is 4.96. The summed E-state index contributed by atoms with van der Waals surface area (Å²) in [5, 5.41) is 11.8. The molecule has 0 aliphatic heterocycles. The molecule has 3 aromatic heterocycles. The van der Waals surface area contributed by atoms with Gasteiger partial charge >= 0.3 is 0 Å². The largest absolute Gasteiger partial charge is 0.467 e. The van der Waals surface area contributed by atoms with Crippen LogP contribution in [-0.2, 0) is 11.3 Å². The Hall–Kier alpha value is -3.46. The number of benzene rings is 1. The lowest BCUT2D eigenvalue weighted by Crippen LogP contribution is -2.24. The zero-order valence-electron chi connectivity index (χ0n) is 15.2. The van der Waals surface area contributed by atoms with Crippen LogP contribution in [0.5, 0.6) is 0 Å². The van der Waals surface area contributed by atoms with Crippen molar-refractivity contribution >= 4 is 17.7 Å². The lowest BCUT2D eigenvalue weighted by molar-refractivity contribution is -0.118. The highest BCUT2D eigenvalue weighted by atomic mass is 32.2. The minimum atomic E-state index is -0.334. The highest BCUT2D eigenvalue weighted by Gasteiger charge is 2.17. The van der Waals surface area contributed by atoms with E-state index in [0.717, 1.165) is 5.56 Å². The quantitative estimate of drug-likeness (QED) is 0.471. The number of rotatable bonds is 7. The standard InChI is InChI=1S/C20H16FN5O2S/c21-15-3-5-16(6-4-15)26-19(14-7-9-22-10-8-14)24-25-20(26)29-13-18(27)23-12-17-2-1-11-28-17/h1-11H,12-13H2,(H,23,27). The van der Waals surface area contributed by atoms with Crippen molar-refractivity contribution in [1.29, 1.82) is 0 Å². The highest BCUT2D eigenvalue weighted by molar-refractivity contribution is 7.99. The number of aromatic nitrogens is 4. The maximum absolute atomic E-state index is 13.4. The molecule has 0 aliphatic carbocycles. The second-order valence-corrected chi connectivity index (χ2v) is 6.94. The summed E-state index contributed by atoms with van der Waals surface area (Å²) in [7, 11) is 0. The summed E-state index contributed by atoms with van der Waals surface area (Å²) in [6, 6.07) is 13.2. The number of nitrogens with zero attached hydrogens (tertiary/aromatic N) is 4. The van der Waals surface area contributed by atoms with Crippen molar-refractivity contribution in [1.82, 2.24) is 25.1 Å². The number of pyridine rings is 1. The maximum Gasteiger partial charge on any atom is 0.230 e. The SMILES string of the molecule is O=C(CSc1nnc(-c2ccncc2)n1-c1ccc(F)cc1)NCc1ccco1. The van der Waals surface area contributed by atoms with E-state index in [1.807, 2.05) is 12.1 Å². The molecule has 7 nitrogen and oxygen atoms in total.